The Kier molecular flexibility index (Phi) is 5.65. The first-order valence-corrected chi connectivity index (χ1v) is 6.36. The van der Waals surface area contributed by atoms with Crippen LogP contribution in [0.1, 0.15) is 26.0 Å². The van der Waals surface area contributed by atoms with Gasteiger partial charge in [-0.25, -0.2) is 9.97 Å². The number of aryl methyl sites for hydroxylation is 1. The van der Waals surface area contributed by atoms with Gasteiger partial charge >= 0.3 is 0 Å². The zero-order chi connectivity index (χ0) is 11.1. The first-order chi connectivity index (χ1) is 7.22. The van der Waals surface area contributed by atoms with E-state index in [4.69, 9.17) is 0 Å². The normalized spacial score (nSPS) is 12.7. The van der Waals surface area contributed by atoms with E-state index >= 15 is 0 Å². The van der Waals surface area contributed by atoms with E-state index in [0.717, 1.165) is 23.1 Å². The van der Waals surface area contributed by atoms with Gasteiger partial charge < -0.3 is 5.32 Å². The van der Waals surface area contributed by atoms with Crippen LogP contribution < -0.4 is 5.32 Å². The van der Waals surface area contributed by atoms with Crippen molar-refractivity contribution in [1.82, 2.24) is 15.3 Å². The van der Waals surface area contributed by atoms with E-state index in [2.05, 4.69) is 29.1 Å². The Morgan fingerprint density at radius 2 is 2.33 bits per heavy atom. The quantitative estimate of drug-likeness (QED) is 0.458. The average molecular weight is 225 g/mol. The highest BCUT2D eigenvalue weighted by atomic mass is 32.2. The van der Waals surface area contributed by atoms with Gasteiger partial charge in [-0.2, -0.15) is 0 Å². The second-order valence-electron chi connectivity index (χ2n) is 3.59. The fourth-order valence-corrected chi connectivity index (χ4v) is 1.83. The highest BCUT2D eigenvalue weighted by Crippen LogP contribution is 2.11. The van der Waals surface area contributed by atoms with Gasteiger partial charge in [-0.3, -0.25) is 0 Å². The highest BCUT2D eigenvalue weighted by Gasteiger charge is 1.99. The molecule has 1 aromatic rings. The lowest BCUT2D eigenvalue weighted by molar-refractivity contribution is 0.555. The summed E-state index contributed by atoms with van der Waals surface area (Å²) in [6.45, 7) is 7.39. The molecule has 1 N–H and O–H groups in total. The zero-order valence-corrected chi connectivity index (χ0v) is 10.5. The van der Waals surface area contributed by atoms with Gasteiger partial charge in [0.05, 0.1) is 0 Å². The van der Waals surface area contributed by atoms with Crippen LogP contribution in [0.15, 0.2) is 17.4 Å². The molecule has 1 unspecified atom stereocenters. The molecule has 0 bridgehead atoms. The Balaban J connectivity index is 2.20. The number of nitrogens with zero attached hydrogens (tertiary/aromatic N) is 2. The summed E-state index contributed by atoms with van der Waals surface area (Å²) in [6.07, 6.45) is 2.98. The van der Waals surface area contributed by atoms with Gasteiger partial charge in [0.25, 0.3) is 0 Å². The van der Waals surface area contributed by atoms with E-state index in [0.29, 0.717) is 6.04 Å². The van der Waals surface area contributed by atoms with Gasteiger partial charge in [-0.1, -0.05) is 18.7 Å². The number of thioether (sulfide) groups is 1. The molecule has 0 aromatic carbocycles. The molecular formula is C11H19N3S. The van der Waals surface area contributed by atoms with E-state index < -0.39 is 0 Å². The maximum atomic E-state index is 4.33. The minimum Gasteiger partial charge on any atom is -0.313 e. The van der Waals surface area contributed by atoms with Gasteiger partial charge in [0, 0.05) is 30.2 Å². The van der Waals surface area contributed by atoms with Gasteiger partial charge in [-0.05, 0) is 26.3 Å². The predicted molar refractivity (Wildman–Crippen MR) is 65.2 cm³/mol. The molecular weight excluding hydrogens is 206 g/mol. The minimum absolute atomic E-state index is 0.601. The van der Waals surface area contributed by atoms with E-state index in [9.17, 15) is 0 Å². The zero-order valence-electron chi connectivity index (χ0n) is 9.66. The van der Waals surface area contributed by atoms with Crippen LogP contribution in [0.5, 0.6) is 0 Å². The third-order valence-electron chi connectivity index (χ3n) is 2.21. The van der Waals surface area contributed by atoms with E-state index in [1.807, 2.05) is 19.2 Å². The number of rotatable bonds is 6. The Bertz CT molecular complexity index is 291. The largest absolute Gasteiger partial charge is 0.313 e. The molecule has 0 aliphatic carbocycles. The second-order valence-corrected chi connectivity index (χ2v) is 4.65. The van der Waals surface area contributed by atoms with E-state index in [1.165, 1.54) is 6.42 Å². The van der Waals surface area contributed by atoms with Crippen molar-refractivity contribution in [2.75, 3.05) is 12.3 Å². The molecule has 4 heteroatoms. The highest BCUT2D eigenvalue weighted by molar-refractivity contribution is 7.99. The van der Waals surface area contributed by atoms with Crippen LogP contribution in [-0.2, 0) is 0 Å². The predicted octanol–water partition coefficient (Wildman–Crippen LogP) is 2.27. The summed E-state index contributed by atoms with van der Waals surface area (Å²) in [5.41, 5.74) is 1.03. The molecule has 0 aliphatic heterocycles. The molecule has 1 atom stereocenters. The topological polar surface area (TPSA) is 37.8 Å². The van der Waals surface area contributed by atoms with Crippen LogP contribution in [0, 0.1) is 6.92 Å². The Morgan fingerprint density at radius 1 is 1.53 bits per heavy atom. The summed E-state index contributed by atoms with van der Waals surface area (Å²) in [5.74, 6) is 1.02. The molecule has 0 saturated carbocycles. The molecule has 1 aromatic heterocycles. The van der Waals surface area contributed by atoms with Crippen molar-refractivity contribution in [3.63, 3.8) is 0 Å². The third kappa shape index (κ3) is 5.14. The minimum atomic E-state index is 0.601. The first kappa shape index (κ1) is 12.5. The molecule has 84 valence electrons. The summed E-state index contributed by atoms with van der Waals surface area (Å²) in [4.78, 5) is 8.53. The number of nitrogens with one attached hydrogen (secondary N) is 1. The Hall–Kier alpha value is -0.610. The standard InChI is InChI=1S/C11H19N3S/c1-4-9(2)12-7-8-15-11-13-6-5-10(3)14-11/h5-6,9,12H,4,7-8H2,1-3H3. The van der Waals surface area contributed by atoms with Crippen molar-refractivity contribution in [2.45, 2.75) is 38.4 Å². The van der Waals surface area contributed by atoms with Gasteiger partial charge in [-0.15, -0.1) is 0 Å². The Morgan fingerprint density at radius 3 is 3.00 bits per heavy atom. The van der Waals surface area contributed by atoms with Crippen molar-refractivity contribution in [1.29, 1.82) is 0 Å². The average Bonchev–Trinajstić information content (AvgIpc) is 2.24. The van der Waals surface area contributed by atoms with Crippen molar-refractivity contribution in [3.05, 3.63) is 18.0 Å². The monoisotopic (exact) mass is 225 g/mol. The lowest BCUT2D eigenvalue weighted by atomic mass is 10.3. The fraction of sp³-hybridized carbons (Fsp3) is 0.636. The summed E-state index contributed by atoms with van der Waals surface area (Å²) in [7, 11) is 0. The smallest absolute Gasteiger partial charge is 0.187 e. The second kappa shape index (κ2) is 6.80. The lowest BCUT2D eigenvalue weighted by Gasteiger charge is -2.10. The molecule has 0 saturated heterocycles. The number of hydrogen-bond acceptors (Lipinski definition) is 4. The summed E-state index contributed by atoms with van der Waals surface area (Å²) < 4.78 is 0. The van der Waals surface area contributed by atoms with Crippen LogP contribution in [0.3, 0.4) is 0 Å². The van der Waals surface area contributed by atoms with Crippen molar-refractivity contribution < 1.29 is 0 Å². The van der Waals surface area contributed by atoms with Crippen LogP contribution in [0.4, 0.5) is 0 Å². The number of aromatic nitrogens is 2. The molecule has 0 spiro atoms. The summed E-state index contributed by atoms with van der Waals surface area (Å²) >= 11 is 1.70. The summed E-state index contributed by atoms with van der Waals surface area (Å²) in [5, 5.41) is 4.32. The summed E-state index contributed by atoms with van der Waals surface area (Å²) in [6, 6.07) is 2.52. The molecule has 15 heavy (non-hydrogen) atoms. The molecule has 3 nitrogen and oxygen atoms in total. The van der Waals surface area contributed by atoms with Crippen LogP contribution in [-0.4, -0.2) is 28.3 Å². The van der Waals surface area contributed by atoms with Crippen LogP contribution in [0.2, 0.25) is 0 Å². The maximum Gasteiger partial charge on any atom is 0.187 e. The third-order valence-corrected chi connectivity index (χ3v) is 3.07. The fourth-order valence-electron chi connectivity index (χ4n) is 1.09. The first-order valence-electron chi connectivity index (χ1n) is 5.38. The molecule has 0 amide bonds. The SMILES string of the molecule is CCC(C)NCCSc1nccc(C)n1. The van der Waals surface area contributed by atoms with Crippen LogP contribution in [0.25, 0.3) is 0 Å². The van der Waals surface area contributed by atoms with Crippen molar-refractivity contribution in [2.24, 2.45) is 0 Å². The number of hydrogen-bond donors (Lipinski definition) is 1. The van der Waals surface area contributed by atoms with E-state index in [-0.39, 0.29) is 0 Å². The maximum absolute atomic E-state index is 4.33. The lowest BCUT2D eigenvalue weighted by Crippen LogP contribution is -2.27. The van der Waals surface area contributed by atoms with E-state index in [1.54, 1.807) is 11.8 Å². The molecule has 0 radical (unpaired) electrons. The Labute approximate surface area is 96.1 Å². The van der Waals surface area contributed by atoms with Gasteiger partial charge in [0.2, 0.25) is 0 Å². The van der Waals surface area contributed by atoms with Crippen molar-refractivity contribution in [3.8, 4) is 0 Å². The molecule has 1 heterocycles. The van der Waals surface area contributed by atoms with Crippen LogP contribution >= 0.6 is 11.8 Å². The van der Waals surface area contributed by atoms with Crippen molar-refractivity contribution >= 4 is 11.8 Å². The van der Waals surface area contributed by atoms with Gasteiger partial charge in [0.15, 0.2) is 5.16 Å². The van der Waals surface area contributed by atoms with Gasteiger partial charge in [0.1, 0.15) is 0 Å². The molecule has 0 fully saturated rings. The molecule has 1 rings (SSSR count). The molecule has 0 aliphatic rings.